The average Bonchev–Trinajstić information content (AvgIpc) is 2.80. The number of amides is 3. The first-order chi connectivity index (χ1) is 11.4. The molecule has 122 valence electrons. The SMILES string of the molecule is CC(=O)N(CN1C(=O)c2ccccc2C1=O)c1ccc(C)c(Cl)c1. The zero-order chi connectivity index (χ0) is 17.4. The molecule has 0 saturated heterocycles. The predicted molar refractivity (Wildman–Crippen MR) is 91.2 cm³/mol. The van der Waals surface area contributed by atoms with Gasteiger partial charge in [-0.2, -0.15) is 0 Å². The van der Waals surface area contributed by atoms with Crippen LogP contribution in [0.3, 0.4) is 0 Å². The van der Waals surface area contributed by atoms with Crippen molar-refractivity contribution in [3.05, 3.63) is 64.2 Å². The number of benzene rings is 2. The fraction of sp³-hybridized carbons (Fsp3) is 0.167. The molecule has 2 aromatic carbocycles. The molecule has 0 radical (unpaired) electrons. The van der Waals surface area contributed by atoms with E-state index in [1.54, 1.807) is 42.5 Å². The molecule has 24 heavy (non-hydrogen) atoms. The number of imide groups is 1. The molecule has 0 atom stereocenters. The topological polar surface area (TPSA) is 57.7 Å². The summed E-state index contributed by atoms with van der Waals surface area (Å²) in [6.45, 7) is 3.08. The summed E-state index contributed by atoms with van der Waals surface area (Å²) < 4.78 is 0. The highest BCUT2D eigenvalue weighted by Crippen LogP contribution is 2.27. The van der Waals surface area contributed by atoms with Crippen LogP contribution in [0.5, 0.6) is 0 Å². The van der Waals surface area contributed by atoms with E-state index in [1.807, 2.05) is 6.92 Å². The molecule has 3 amide bonds. The normalized spacial score (nSPS) is 13.2. The van der Waals surface area contributed by atoms with E-state index in [-0.39, 0.29) is 12.6 Å². The number of halogens is 1. The molecule has 0 N–H and O–H groups in total. The zero-order valence-corrected chi connectivity index (χ0v) is 14.0. The largest absolute Gasteiger partial charge is 0.294 e. The Balaban J connectivity index is 1.93. The second-order valence-electron chi connectivity index (χ2n) is 5.61. The summed E-state index contributed by atoms with van der Waals surface area (Å²) in [4.78, 5) is 39.4. The Labute approximate surface area is 144 Å². The van der Waals surface area contributed by atoms with E-state index in [4.69, 9.17) is 11.6 Å². The highest BCUT2D eigenvalue weighted by Gasteiger charge is 2.36. The molecule has 2 aromatic rings. The molecule has 0 aromatic heterocycles. The third-order valence-electron chi connectivity index (χ3n) is 4.01. The lowest BCUT2D eigenvalue weighted by Gasteiger charge is -2.26. The minimum atomic E-state index is -0.403. The van der Waals surface area contributed by atoms with Crippen molar-refractivity contribution < 1.29 is 14.4 Å². The maximum Gasteiger partial charge on any atom is 0.263 e. The lowest BCUT2D eigenvalue weighted by molar-refractivity contribution is -0.116. The minimum Gasteiger partial charge on any atom is -0.294 e. The number of hydrogen-bond acceptors (Lipinski definition) is 3. The van der Waals surface area contributed by atoms with Crippen LogP contribution in [0.25, 0.3) is 0 Å². The van der Waals surface area contributed by atoms with Gasteiger partial charge >= 0.3 is 0 Å². The smallest absolute Gasteiger partial charge is 0.263 e. The van der Waals surface area contributed by atoms with Crippen LogP contribution in [-0.4, -0.2) is 29.3 Å². The Kier molecular flexibility index (Phi) is 4.11. The second-order valence-corrected chi connectivity index (χ2v) is 6.01. The van der Waals surface area contributed by atoms with Crippen LogP contribution in [0, 0.1) is 6.92 Å². The molecule has 3 rings (SSSR count). The van der Waals surface area contributed by atoms with Gasteiger partial charge in [-0.25, -0.2) is 0 Å². The summed E-state index contributed by atoms with van der Waals surface area (Å²) in [5.41, 5.74) is 2.13. The maximum atomic E-state index is 12.5. The van der Waals surface area contributed by atoms with Crippen molar-refractivity contribution in [2.75, 3.05) is 11.6 Å². The lowest BCUT2D eigenvalue weighted by atomic mass is 10.1. The molecule has 0 spiro atoms. The maximum absolute atomic E-state index is 12.5. The fourth-order valence-electron chi connectivity index (χ4n) is 2.62. The van der Waals surface area contributed by atoms with Crippen molar-refractivity contribution >= 4 is 35.0 Å². The van der Waals surface area contributed by atoms with Gasteiger partial charge in [0.25, 0.3) is 11.8 Å². The number of carbonyl (C=O) groups is 3. The molecule has 1 aliphatic heterocycles. The monoisotopic (exact) mass is 342 g/mol. The van der Waals surface area contributed by atoms with Crippen LogP contribution in [0.15, 0.2) is 42.5 Å². The van der Waals surface area contributed by atoms with E-state index in [0.717, 1.165) is 10.5 Å². The first-order valence-corrected chi connectivity index (χ1v) is 7.77. The number of aryl methyl sites for hydroxylation is 1. The standard InChI is InChI=1S/C18H15ClN2O3/c1-11-7-8-13(9-16(11)19)20(12(2)22)10-21-17(23)14-5-3-4-6-15(14)18(21)24/h3-9H,10H2,1-2H3. The van der Waals surface area contributed by atoms with Gasteiger partial charge in [0.15, 0.2) is 0 Å². The molecule has 6 heteroatoms. The number of rotatable bonds is 3. The highest BCUT2D eigenvalue weighted by atomic mass is 35.5. The van der Waals surface area contributed by atoms with Gasteiger partial charge < -0.3 is 0 Å². The summed E-state index contributed by atoms with van der Waals surface area (Å²) >= 11 is 6.12. The number of hydrogen-bond donors (Lipinski definition) is 0. The Hall–Kier alpha value is -2.66. The van der Waals surface area contributed by atoms with Crippen LogP contribution >= 0.6 is 11.6 Å². The molecule has 0 saturated carbocycles. The van der Waals surface area contributed by atoms with Crippen LogP contribution < -0.4 is 4.90 Å². The summed E-state index contributed by atoms with van der Waals surface area (Å²) in [5, 5.41) is 0.515. The Morgan fingerprint density at radius 1 is 1.08 bits per heavy atom. The first-order valence-electron chi connectivity index (χ1n) is 7.39. The number of anilines is 1. The van der Waals surface area contributed by atoms with Gasteiger partial charge in [-0.1, -0.05) is 29.8 Å². The van der Waals surface area contributed by atoms with Crippen molar-refractivity contribution in [1.82, 2.24) is 4.90 Å². The molecule has 0 fully saturated rings. The van der Waals surface area contributed by atoms with E-state index in [2.05, 4.69) is 0 Å². The van der Waals surface area contributed by atoms with E-state index in [9.17, 15) is 14.4 Å². The van der Waals surface area contributed by atoms with Gasteiger partial charge in [-0.15, -0.1) is 0 Å². The zero-order valence-electron chi connectivity index (χ0n) is 13.2. The number of nitrogens with zero attached hydrogens (tertiary/aromatic N) is 2. The van der Waals surface area contributed by atoms with Crippen molar-refractivity contribution in [2.45, 2.75) is 13.8 Å². The summed E-state index contributed by atoms with van der Waals surface area (Å²) in [6, 6.07) is 11.8. The lowest BCUT2D eigenvalue weighted by Crippen LogP contribution is -2.43. The molecule has 0 bridgehead atoms. The molecule has 0 aliphatic carbocycles. The Morgan fingerprint density at radius 2 is 1.67 bits per heavy atom. The van der Waals surface area contributed by atoms with E-state index in [0.29, 0.717) is 21.8 Å². The molecule has 5 nitrogen and oxygen atoms in total. The molecule has 0 unspecified atom stereocenters. The van der Waals surface area contributed by atoms with Crippen LogP contribution in [0.4, 0.5) is 5.69 Å². The van der Waals surface area contributed by atoms with Crippen molar-refractivity contribution in [1.29, 1.82) is 0 Å². The number of carbonyl (C=O) groups excluding carboxylic acids is 3. The van der Waals surface area contributed by atoms with Gasteiger partial charge in [-0.3, -0.25) is 24.2 Å². The van der Waals surface area contributed by atoms with E-state index < -0.39 is 11.8 Å². The summed E-state index contributed by atoms with van der Waals surface area (Å²) in [6.07, 6.45) is 0. The van der Waals surface area contributed by atoms with Gasteiger partial charge in [0.2, 0.25) is 5.91 Å². The minimum absolute atomic E-state index is 0.152. The summed E-state index contributed by atoms with van der Waals surface area (Å²) in [5.74, 6) is -1.09. The highest BCUT2D eigenvalue weighted by molar-refractivity contribution is 6.31. The average molecular weight is 343 g/mol. The molecular weight excluding hydrogens is 328 g/mol. The second kappa shape index (κ2) is 6.09. The van der Waals surface area contributed by atoms with Crippen LogP contribution in [0.2, 0.25) is 5.02 Å². The third-order valence-corrected chi connectivity index (χ3v) is 4.42. The van der Waals surface area contributed by atoms with Crippen molar-refractivity contribution in [3.63, 3.8) is 0 Å². The molecule has 1 heterocycles. The van der Waals surface area contributed by atoms with Gasteiger partial charge in [0.05, 0.1) is 11.1 Å². The predicted octanol–water partition coefficient (Wildman–Crippen LogP) is 3.26. The van der Waals surface area contributed by atoms with Gasteiger partial charge in [0.1, 0.15) is 6.67 Å². The quantitative estimate of drug-likeness (QED) is 0.804. The Morgan fingerprint density at radius 3 is 2.17 bits per heavy atom. The van der Waals surface area contributed by atoms with E-state index in [1.165, 1.54) is 11.8 Å². The molecule has 1 aliphatic rings. The third kappa shape index (κ3) is 2.67. The fourth-order valence-corrected chi connectivity index (χ4v) is 2.80. The number of fused-ring (bicyclic) bond motifs is 1. The van der Waals surface area contributed by atoms with Crippen molar-refractivity contribution in [2.24, 2.45) is 0 Å². The van der Waals surface area contributed by atoms with Gasteiger partial charge in [0, 0.05) is 17.6 Å². The Bertz CT molecular complexity index is 828. The summed E-state index contributed by atoms with van der Waals surface area (Å²) in [7, 11) is 0. The van der Waals surface area contributed by atoms with Crippen LogP contribution in [-0.2, 0) is 4.79 Å². The van der Waals surface area contributed by atoms with E-state index >= 15 is 0 Å². The first kappa shape index (κ1) is 16.2. The molecular formula is C18H15ClN2O3. The van der Waals surface area contributed by atoms with Gasteiger partial charge in [-0.05, 0) is 36.8 Å². The van der Waals surface area contributed by atoms with Crippen LogP contribution in [0.1, 0.15) is 33.2 Å². The van der Waals surface area contributed by atoms with Crippen molar-refractivity contribution in [3.8, 4) is 0 Å².